The van der Waals surface area contributed by atoms with Gasteiger partial charge in [-0.15, -0.1) is 0 Å². The van der Waals surface area contributed by atoms with Crippen molar-refractivity contribution in [2.75, 3.05) is 40.0 Å². The molecule has 0 aliphatic carbocycles. The van der Waals surface area contributed by atoms with Gasteiger partial charge in [0.05, 0.1) is 33.0 Å². The molecule has 1 aliphatic heterocycles. The van der Waals surface area contributed by atoms with E-state index in [1.807, 2.05) is 36.4 Å². The van der Waals surface area contributed by atoms with Gasteiger partial charge in [0.2, 0.25) is 0 Å². The quantitative estimate of drug-likeness (QED) is 0.849. The molecule has 1 aromatic heterocycles. The number of benzene rings is 1. The fourth-order valence-electron chi connectivity index (χ4n) is 2.68. The van der Waals surface area contributed by atoms with E-state index >= 15 is 0 Å². The molecule has 1 aromatic carbocycles. The van der Waals surface area contributed by atoms with Crippen molar-refractivity contribution < 1.29 is 14.0 Å². The van der Waals surface area contributed by atoms with Crippen molar-refractivity contribution >= 4 is 0 Å². The van der Waals surface area contributed by atoms with Crippen LogP contribution in [0.2, 0.25) is 0 Å². The summed E-state index contributed by atoms with van der Waals surface area (Å²) in [6.45, 7) is 4.56. The molecule has 22 heavy (non-hydrogen) atoms. The van der Waals surface area contributed by atoms with Crippen LogP contribution in [0.4, 0.5) is 0 Å². The lowest BCUT2D eigenvalue weighted by Crippen LogP contribution is -2.29. The maximum absolute atomic E-state index is 5.53. The van der Waals surface area contributed by atoms with Gasteiger partial charge in [-0.1, -0.05) is 35.5 Å². The Hall–Kier alpha value is -1.69. The first-order chi connectivity index (χ1) is 10.8. The monoisotopic (exact) mass is 302 g/mol. The molecule has 0 bridgehead atoms. The molecule has 0 atom stereocenters. The molecule has 118 valence electrons. The standard InChI is InChI=1S/C17H22N2O3/c1-19(10-14-12-20-7-8-21-13-14)11-16-9-17(18-22-16)15-5-3-2-4-6-15/h2-6,9,14H,7-8,10-13H2,1H3. The predicted octanol–water partition coefficient (Wildman–Crippen LogP) is 2.44. The van der Waals surface area contributed by atoms with Crippen LogP contribution in [0.25, 0.3) is 11.3 Å². The summed E-state index contributed by atoms with van der Waals surface area (Å²) in [7, 11) is 2.08. The Kier molecular flexibility index (Phi) is 5.21. The summed E-state index contributed by atoms with van der Waals surface area (Å²) in [5.74, 6) is 1.28. The van der Waals surface area contributed by atoms with Gasteiger partial charge in [-0.2, -0.15) is 0 Å². The first-order valence-electron chi connectivity index (χ1n) is 7.66. The highest BCUT2D eigenvalue weighted by Gasteiger charge is 2.16. The van der Waals surface area contributed by atoms with Crippen LogP contribution in [0.5, 0.6) is 0 Å². The number of aromatic nitrogens is 1. The summed E-state index contributed by atoms with van der Waals surface area (Å²) in [5, 5.41) is 4.15. The molecule has 2 aromatic rings. The zero-order valence-corrected chi connectivity index (χ0v) is 12.9. The number of hydrogen-bond donors (Lipinski definition) is 0. The van der Waals surface area contributed by atoms with Gasteiger partial charge in [-0.05, 0) is 7.05 Å². The van der Waals surface area contributed by atoms with E-state index in [1.165, 1.54) is 0 Å². The van der Waals surface area contributed by atoms with E-state index in [4.69, 9.17) is 14.0 Å². The average Bonchev–Trinajstić information content (AvgIpc) is 2.84. The number of hydrogen-bond acceptors (Lipinski definition) is 5. The van der Waals surface area contributed by atoms with E-state index in [0.717, 1.165) is 43.3 Å². The van der Waals surface area contributed by atoms with Crippen molar-refractivity contribution in [3.8, 4) is 11.3 Å². The number of rotatable bonds is 5. The van der Waals surface area contributed by atoms with Gasteiger partial charge in [0, 0.05) is 24.1 Å². The zero-order chi connectivity index (χ0) is 15.2. The average molecular weight is 302 g/mol. The van der Waals surface area contributed by atoms with Crippen LogP contribution >= 0.6 is 0 Å². The molecule has 3 rings (SSSR count). The Balaban J connectivity index is 1.55. The fraction of sp³-hybridized carbons (Fsp3) is 0.471. The minimum atomic E-state index is 0.406. The third kappa shape index (κ3) is 4.16. The van der Waals surface area contributed by atoms with E-state index in [0.29, 0.717) is 19.1 Å². The van der Waals surface area contributed by atoms with Crippen molar-refractivity contribution in [1.82, 2.24) is 10.1 Å². The molecule has 2 heterocycles. The lowest BCUT2D eigenvalue weighted by atomic mass is 10.1. The summed E-state index contributed by atoms with van der Waals surface area (Å²) in [4.78, 5) is 2.22. The molecule has 0 unspecified atom stereocenters. The molecule has 1 fully saturated rings. The Morgan fingerprint density at radius 3 is 2.59 bits per heavy atom. The number of nitrogens with zero attached hydrogens (tertiary/aromatic N) is 2. The van der Waals surface area contributed by atoms with Gasteiger partial charge in [0.25, 0.3) is 0 Å². The Labute approximate surface area is 130 Å². The maximum atomic E-state index is 5.53. The minimum absolute atomic E-state index is 0.406. The van der Waals surface area contributed by atoms with Gasteiger partial charge in [0.15, 0.2) is 5.76 Å². The molecule has 0 saturated carbocycles. The highest BCUT2D eigenvalue weighted by Crippen LogP contribution is 2.19. The van der Waals surface area contributed by atoms with Gasteiger partial charge in [-0.3, -0.25) is 4.90 Å². The smallest absolute Gasteiger partial charge is 0.151 e. The first-order valence-corrected chi connectivity index (χ1v) is 7.66. The Morgan fingerprint density at radius 2 is 1.86 bits per heavy atom. The fourth-order valence-corrected chi connectivity index (χ4v) is 2.68. The second kappa shape index (κ2) is 7.54. The molecule has 1 saturated heterocycles. The Bertz CT molecular complexity index is 562. The molecule has 5 heteroatoms. The van der Waals surface area contributed by atoms with Crippen molar-refractivity contribution in [1.29, 1.82) is 0 Å². The van der Waals surface area contributed by atoms with Crippen LogP contribution in [-0.2, 0) is 16.0 Å². The van der Waals surface area contributed by atoms with E-state index in [2.05, 4.69) is 17.1 Å². The lowest BCUT2D eigenvalue weighted by Gasteiger charge is -2.20. The summed E-state index contributed by atoms with van der Waals surface area (Å²) in [5.41, 5.74) is 1.95. The van der Waals surface area contributed by atoms with E-state index < -0.39 is 0 Å². The predicted molar refractivity (Wildman–Crippen MR) is 83.4 cm³/mol. The van der Waals surface area contributed by atoms with E-state index in [9.17, 15) is 0 Å². The summed E-state index contributed by atoms with van der Waals surface area (Å²) in [6, 6.07) is 12.1. The van der Waals surface area contributed by atoms with Crippen LogP contribution in [0, 0.1) is 5.92 Å². The van der Waals surface area contributed by atoms with Gasteiger partial charge in [-0.25, -0.2) is 0 Å². The van der Waals surface area contributed by atoms with E-state index in [-0.39, 0.29) is 0 Å². The number of ether oxygens (including phenoxy) is 2. The topological polar surface area (TPSA) is 47.7 Å². The van der Waals surface area contributed by atoms with Crippen molar-refractivity contribution in [2.24, 2.45) is 5.92 Å². The van der Waals surface area contributed by atoms with Crippen molar-refractivity contribution in [3.05, 3.63) is 42.2 Å². The maximum Gasteiger partial charge on any atom is 0.151 e. The van der Waals surface area contributed by atoms with Crippen molar-refractivity contribution in [3.63, 3.8) is 0 Å². The normalized spacial score (nSPS) is 16.8. The molecule has 0 spiro atoms. The van der Waals surface area contributed by atoms with Crippen LogP contribution in [-0.4, -0.2) is 50.1 Å². The molecule has 0 radical (unpaired) electrons. The SMILES string of the molecule is CN(Cc1cc(-c2ccccc2)no1)CC1COCCOC1. The first kappa shape index (κ1) is 15.2. The molecule has 5 nitrogen and oxygen atoms in total. The molecule has 1 aliphatic rings. The summed E-state index contributed by atoms with van der Waals surface area (Å²) in [6.07, 6.45) is 0. The molecular formula is C17H22N2O3. The third-order valence-corrected chi connectivity index (χ3v) is 3.70. The van der Waals surface area contributed by atoms with Crippen molar-refractivity contribution in [2.45, 2.75) is 6.54 Å². The van der Waals surface area contributed by atoms with Crippen LogP contribution < -0.4 is 0 Å². The molecule has 0 amide bonds. The second-order valence-corrected chi connectivity index (χ2v) is 5.76. The minimum Gasteiger partial charge on any atom is -0.379 e. The summed E-state index contributed by atoms with van der Waals surface area (Å²) < 4.78 is 16.5. The van der Waals surface area contributed by atoms with E-state index in [1.54, 1.807) is 0 Å². The highest BCUT2D eigenvalue weighted by atomic mass is 16.5. The van der Waals surface area contributed by atoms with Crippen LogP contribution in [0.1, 0.15) is 5.76 Å². The highest BCUT2D eigenvalue weighted by molar-refractivity contribution is 5.58. The Morgan fingerprint density at radius 1 is 1.14 bits per heavy atom. The van der Waals surface area contributed by atoms with Gasteiger partial charge >= 0.3 is 0 Å². The van der Waals surface area contributed by atoms with Gasteiger partial charge in [0.1, 0.15) is 5.69 Å². The van der Waals surface area contributed by atoms with Crippen LogP contribution in [0.3, 0.4) is 0 Å². The third-order valence-electron chi connectivity index (χ3n) is 3.70. The summed E-state index contributed by atoms with van der Waals surface area (Å²) >= 11 is 0. The largest absolute Gasteiger partial charge is 0.379 e. The lowest BCUT2D eigenvalue weighted by molar-refractivity contribution is 0.103. The zero-order valence-electron chi connectivity index (χ0n) is 12.9. The second-order valence-electron chi connectivity index (χ2n) is 5.76. The molecular weight excluding hydrogens is 280 g/mol. The van der Waals surface area contributed by atoms with Crippen LogP contribution in [0.15, 0.2) is 40.9 Å². The van der Waals surface area contributed by atoms with Gasteiger partial charge < -0.3 is 14.0 Å². The molecule has 0 N–H and O–H groups in total.